The maximum Gasteiger partial charge on any atom is 0.234 e. The molecule has 6 nitrogen and oxygen atoms in total. The van der Waals surface area contributed by atoms with Crippen molar-refractivity contribution in [3.05, 3.63) is 36.3 Å². The number of methoxy groups -OCH3 is 2. The van der Waals surface area contributed by atoms with Crippen LogP contribution in [0.4, 0.5) is 5.82 Å². The number of hydrogen-bond acceptors (Lipinski definition) is 6. The summed E-state index contributed by atoms with van der Waals surface area (Å²) in [4.78, 5) is 16.3. The number of nitrogens with zero attached hydrogens (tertiary/aromatic N) is 4. The molecule has 18 heavy (non-hydrogen) atoms. The summed E-state index contributed by atoms with van der Waals surface area (Å²) in [7, 11) is 3.10. The topological polar surface area (TPSA) is 69.5 Å². The van der Waals surface area contributed by atoms with E-state index in [4.69, 9.17) is 9.47 Å². The quantitative estimate of drug-likeness (QED) is 0.765. The maximum absolute atomic E-state index is 4.97. The zero-order valence-corrected chi connectivity index (χ0v) is 10.1. The minimum atomic E-state index is 0.428. The average molecular weight is 244 g/mol. The Kier molecular flexibility index (Phi) is 3.80. The van der Waals surface area contributed by atoms with Gasteiger partial charge in [-0.25, -0.2) is 9.98 Å². The van der Waals surface area contributed by atoms with E-state index in [9.17, 15) is 0 Å². The second-order valence-corrected chi connectivity index (χ2v) is 3.31. The molecule has 0 aliphatic heterocycles. The number of aliphatic imine (C=N–C) groups is 1. The van der Waals surface area contributed by atoms with Crippen LogP contribution < -0.4 is 9.47 Å². The third-order valence-corrected chi connectivity index (χ3v) is 2.12. The summed E-state index contributed by atoms with van der Waals surface area (Å²) in [5.74, 6) is 1.47. The Morgan fingerprint density at radius 1 is 1.06 bits per heavy atom. The molecule has 0 amide bonds. The van der Waals surface area contributed by atoms with Crippen LogP contribution in [0.15, 0.2) is 35.7 Å². The van der Waals surface area contributed by atoms with Gasteiger partial charge in [-0.3, -0.25) is 4.98 Å². The SMILES string of the molecule is COc1ccc(/C=N/c2cncc(OC)n2)cn1. The summed E-state index contributed by atoms with van der Waals surface area (Å²) in [5, 5.41) is 0. The third kappa shape index (κ3) is 3.00. The summed E-state index contributed by atoms with van der Waals surface area (Å²) in [6.07, 6.45) is 6.38. The average Bonchev–Trinajstić information content (AvgIpc) is 2.46. The van der Waals surface area contributed by atoms with Crippen LogP contribution >= 0.6 is 0 Å². The lowest BCUT2D eigenvalue weighted by Crippen LogP contribution is -1.90. The van der Waals surface area contributed by atoms with E-state index in [2.05, 4.69) is 19.9 Å². The van der Waals surface area contributed by atoms with Crippen LogP contribution in [0.2, 0.25) is 0 Å². The molecule has 6 heteroatoms. The summed E-state index contributed by atoms with van der Waals surface area (Å²) >= 11 is 0. The lowest BCUT2D eigenvalue weighted by atomic mass is 10.3. The van der Waals surface area contributed by atoms with Crippen molar-refractivity contribution in [1.29, 1.82) is 0 Å². The molecule has 0 aromatic carbocycles. The fourth-order valence-electron chi connectivity index (χ4n) is 1.23. The van der Waals surface area contributed by atoms with Crippen LogP contribution in [0, 0.1) is 0 Å². The molecule has 0 aliphatic carbocycles. The first kappa shape index (κ1) is 12.0. The Hall–Kier alpha value is -2.50. The predicted molar refractivity (Wildman–Crippen MR) is 66.6 cm³/mol. The number of rotatable bonds is 4. The monoisotopic (exact) mass is 244 g/mol. The van der Waals surface area contributed by atoms with E-state index in [1.807, 2.05) is 6.07 Å². The largest absolute Gasteiger partial charge is 0.481 e. The first-order valence-corrected chi connectivity index (χ1v) is 5.22. The van der Waals surface area contributed by atoms with Crippen LogP contribution in [0.3, 0.4) is 0 Å². The standard InChI is InChI=1S/C12H12N4O2/c1-17-11-4-3-9(6-15-11)5-14-10-7-13-8-12(16-10)18-2/h3-8H,1-2H3/b14-5+. The van der Waals surface area contributed by atoms with Crippen LogP contribution in [0.25, 0.3) is 0 Å². The van der Waals surface area contributed by atoms with E-state index in [0.29, 0.717) is 17.6 Å². The lowest BCUT2D eigenvalue weighted by molar-refractivity contribution is 0.396. The molecule has 2 heterocycles. The van der Waals surface area contributed by atoms with Crippen LogP contribution in [0.5, 0.6) is 11.8 Å². The maximum atomic E-state index is 4.97. The molecular weight excluding hydrogens is 232 g/mol. The molecule has 2 rings (SSSR count). The molecule has 2 aromatic heterocycles. The van der Waals surface area contributed by atoms with Crippen molar-refractivity contribution in [1.82, 2.24) is 15.0 Å². The molecular formula is C12H12N4O2. The number of pyridine rings is 1. The summed E-state index contributed by atoms with van der Waals surface area (Å²) in [6.45, 7) is 0. The van der Waals surface area contributed by atoms with E-state index >= 15 is 0 Å². The highest BCUT2D eigenvalue weighted by molar-refractivity contribution is 5.81. The fraction of sp³-hybridized carbons (Fsp3) is 0.167. The minimum Gasteiger partial charge on any atom is -0.481 e. The molecule has 0 atom stereocenters. The molecule has 0 N–H and O–H groups in total. The zero-order valence-electron chi connectivity index (χ0n) is 10.1. The molecule has 0 unspecified atom stereocenters. The van der Waals surface area contributed by atoms with E-state index in [1.54, 1.807) is 31.8 Å². The minimum absolute atomic E-state index is 0.428. The first-order chi connectivity index (χ1) is 8.81. The second-order valence-electron chi connectivity index (χ2n) is 3.31. The molecule has 2 aromatic rings. The highest BCUT2D eigenvalue weighted by Crippen LogP contribution is 2.11. The summed E-state index contributed by atoms with van der Waals surface area (Å²) < 4.78 is 9.93. The lowest BCUT2D eigenvalue weighted by Gasteiger charge is -1.99. The molecule has 0 spiro atoms. The molecule has 0 saturated heterocycles. The molecule has 0 fully saturated rings. The van der Waals surface area contributed by atoms with Crippen molar-refractivity contribution in [3.8, 4) is 11.8 Å². The van der Waals surface area contributed by atoms with Gasteiger partial charge in [0.1, 0.15) is 0 Å². The van der Waals surface area contributed by atoms with Crippen LogP contribution in [-0.2, 0) is 0 Å². The first-order valence-electron chi connectivity index (χ1n) is 5.22. The predicted octanol–water partition coefficient (Wildman–Crippen LogP) is 1.64. The van der Waals surface area contributed by atoms with Crippen molar-refractivity contribution in [2.24, 2.45) is 4.99 Å². The Bertz CT molecular complexity index is 540. The van der Waals surface area contributed by atoms with Crippen molar-refractivity contribution < 1.29 is 9.47 Å². The summed E-state index contributed by atoms with van der Waals surface area (Å²) in [6, 6.07) is 3.61. The number of hydrogen-bond donors (Lipinski definition) is 0. The van der Waals surface area contributed by atoms with Crippen molar-refractivity contribution in [3.63, 3.8) is 0 Å². The number of ether oxygens (including phenoxy) is 2. The Balaban J connectivity index is 2.13. The molecule has 0 bridgehead atoms. The Labute approximate surface area is 104 Å². The van der Waals surface area contributed by atoms with Gasteiger partial charge in [0.05, 0.1) is 26.6 Å². The van der Waals surface area contributed by atoms with Crippen LogP contribution in [0.1, 0.15) is 5.56 Å². The molecule has 0 aliphatic rings. The van der Waals surface area contributed by atoms with E-state index in [0.717, 1.165) is 5.56 Å². The van der Waals surface area contributed by atoms with Gasteiger partial charge in [-0.15, -0.1) is 0 Å². The fourth-order valence-corrected chi connectivity index (χ4v) is 1.23. The van der Waals surface area contributed by atoms with Gasteiger partial charge < -0.3 is 9.47 Å². The van der Waals surface area contributed by atoms with Gasteiger partial charge in [0.2, 0.25) is 11.8 Å². The van der Waals surface area contributed by atoms with E-state index in [-0.39, 0.29) is 0 Å². The third-order valence-electron chi connectivity index (χ3n) is 2.12. The Morgan fingerprint density at radius 2 is 1.89 bits per heavy atom. The highest BCUT2D eigenvalue weighted by Gasteiger charge is 1.96. The number of aromatic nitrogens is 3. The van der Waals surface area contributed by atoms with Gasteiger partial charge in [-0.2, -0.15) is 4.98 Å². The van der Waals surface area contributed by atoms with Crippen molar-refractivity contribution in [2.45, 2.75) is 0 Å². The normalized spacial score (nSPS) is 10.6. The second kappa shape index (κ2) is 5.72. The van der Waals surface area contributed by atoms with Gasteiger partial charge in [-0.05, 0) is 6.07 Å². The van der Waals surface area contributed by atoms with Gasteiger partial charge in [0, 0.05) is 24.0 Å². The van der Waals surface area contributed by atoms with E-state index in [1.165, 1.54) is 13.3 Å². The van der Waals surface area contributed by atoms with Gasteiger partial charge in [0.25, 0.3) is 0 Å². The van der Waals surface area contributed by atoms with E-state index < -0.39 is 0 Å². The van der Waals surface area contributed by atoms with Crippen molar-refractivity contribution >= 4 is 12.0 Å². The molecule has 0 saturated carbocycles. The smallest absolute Gasteiger partial charge is 0.234 e. The van der Waals surface area contributed by atoms with Crippen molar-refractivity contribution in [2.75, 3.05) is 14.2 Å². The highest BCUT2D eigenvalue weighted by atomic mass is 16.5. The summed E-state index contributed by atoms with van der Waals surface area (Å²) in [5.41, 5.74) is 0.848. The zero-order chi connectivity index (χ0) is 12.8. The van der Waals surface area contributed by atoms with Gasteiger partial charge >= 0.3 is 0 Å². The van der Waals surface area contributed by atoms with Crippen LogP contribution in [-0.4, -0.2) is 35.4 Å². The Morgan fingerprint density at radius 3 is 2.56 bits per heavy atom. The van der Waals surface area contributed by atoms with Gasteiger partial charge in [-0.1, -0.05) is 0 Å². The molecule has 92 valence electrons. The van der Waals surface area contributed by atoms with Gasteiger partial charge in [0.15, 0.2) is 5.82 Å². The molecule has 0 radical (unpaired) electrons.